The largest absolute Gasteiger partial charge is 0.379 e. The molecule has 3 rings (SSSR count). The van der Waals surface area contributed by atoms with E-state index < -0.39 is 0 Å². The molecule has 0 radical (unpaired) electrons. The molecule has 0 unspecified atom stereocenters. The van der Waals surface area contributed by atoms with Crippen LogP contribution in [0.25, 0.3) is 0 Å². The van der Waals surface area contributed by atoms with Crippen molar-refractivity contribution in [2.45, 2.75) is 31.7 Å². The summed E-state index contributed by atoms with van der Waals surface area (Å²) in [5.74, 6) is 1.73. The van der Waals surface area contributed by atoms with Gasteiger partial charge < -0.3 is 20.3 Å². The number of halogens is 1. The van der Waals surface area contributed by atoms with Gasteiger partial charge in [-0.05, 0) is 49.1 Å². The number of guanidine groups is 1. The predicted molar refractivity (Wildman–Crippen MR) is 113 cm³/mol. The Bertz CT molecular complexity index is 485. The molecule has 24 heavy (non-hydrogen) atoms. The highest BCUT2D eigenvalue weighted by Gasteiger charge is 2.21. The van der Waals surface area contributed by atoms with Gasteiger partial charge in [-0.3, -0.25) is 4.99 Å². The number of hydrogen-bond acceptors (Lipinski definition) is 4. The number of nitrogens with one attached hydrogen (secondary N) is 2. The van der Waals surface area contributed by atoms with Crippen molar-refractivity contribution >= 4 is 46.3 Å². The van der Waals surface area contributed by atoms with E-state index in [0.29, 0.717) is 6.04 Å². The van der Waals surface area contributed by atoms with Gasteiger partial charge in [-0.1, -0.05) is 0 Å². The molecule has 0 bridgehead atoms. The molecule has 1 aromatic heterocycles. The smallest absolute Gasteiger partial charge is 0.191 e. The Labute approximate surface area is 166 Å². The Kier molecular flexibility index (Phi) is 8.61. The molecule has 2 aliphatic rings. The van der Waals surface area contributed by atoms with Gasteiger partial charge in [0, 0.05) is 39.3 Å². The van der Waals surface area contributed by atoms with Crippen molar-refractivity contribution in [1.29, 1.82) is 0 Å². The molecule has 1 aromatic rings. The van der Waals surface area contributed by atoms with E-state index in [0.717, 1.165) is 57.6 Å². The van der Waals surface area contributed by atoms with E-state index >= 15 is 0 Å². The molecule has 2 fully saturated rings. The molecule has 136 valence electrons. The molecule has 1 saturated heterocycles. The van der Waals surface area contributed by atoms with Crippen LogP contribution in [0.15, 0.2) is 22.5 Å². The quantitative estimate of drug-likeness (QED) is 0.282. The van der Waals surface area contributed by atoms with Gasteiger partial charge in [-0.25, -0.2) is 0 Å². The third kappa shape index (κ3) is 6.40. The minimum Gasteiger partial charge on any atom is -0.379 e. The van der Waals surface area contributed by atoms with E-state index in [1.54, 1.807) is 0 Å². The molecule has 1 saturated carbocycles. The summed E-state index contributed by atoms with van der Waals surface area (Å²) in [4.78, 5) is 6.80. The van der Waals surface area contributed by atoms with E-state index in [-0.39, 0.29) is 24.0 Å². The summed E-state index contributed by atoms with van der Waals surface area (Å²) in [6.07, 6.45) is 5.00. The van der Waals surface area contributed by atoms with Crippen LogP contribution in [0.2, 0.25) is 0 Å². The SMILES string of the molecule is CN=C(NCCOCC1CC1)NC1CCN(c2cccs2)CC1.I. The lowest BCUT2D eigenvalue weighted by molar-refractivity contribution is 0.129. The summed E-state index contributed by atoms with van der Waals surface area (Å²) >= 11 is 1.83. The molecule has 7 heteroatoms. The first-order chi connectivity index (χ1) is 11.3. The van der Waals surface area contributed by atoms with E-state index in [4.69, 9.17) is 4.74 Å². The zero-order valence-electron chi connectivity index (χ0n) is 14.4. The second-order valence-corrected chi connectivity index (χ2v) is 7.30. The van der Waals surface area contributed by atoms with E-state index in [2.05, 4.69) is 38.0 Å². The molecule has 2 N–H and O–H groups in total. The summed E-state index contributed by atoms with van der Waals surface area (Å²) < 4.78 is 5.65. The van der Waals surface area contributed by atoms with Gasteiger partial charge in [0.15, 0.2) is 5.96 Å². The Balaban J connectivity index is 0.00000208. The lowest BCUT2D eigenvalue weighted by atomic mass is 10.1. The first-order valence-corrected chi connectivity index (χ1v) is 9.56. The van der Waals surface area contributed by atoms with Gasteiger partial charge >= 0.3 is 0 Å². The van der Waals surface area contributed by atoms with Crippen LogP contribution in [-0.4, -0.2) is 51.9 Å². The molecule has 0 amide bonds. The predicted octanol–water partition coefficient (Wildman–Crippen LogP) is 2.93. The second kappa shape index (κ2) is 10.5. The van der Waals surface area contributed by atoms with Crippen LogP contribution >= 0.6 is 35.3 Å². The van der Waals surface area contributed by atoms with Gasteiger partial charge in [-0.2, -0.15) is 0 Å². The summed E-state index contributed by atoms with van der Waals surface area (Å²) in [6, 6.07) is 4.84. The highest BCUT2D eigenvalue weighted by atomic mass is 127. The van der Waals surface area contributed by atoms with Crippen LogP contribution in [0, 0.1) is 5.92 Å². The van der Waals surface area contributed by atoms with Crippen molar-refractivity contribution < 1.29 is 4.74 Å². The topological polar surface area (TPSA) is 48.9 Å². The molecule has 2 heterocycles. The zero-order valence-corrected chi connectivity index (χ0v) is 17.5. The van der Waals surface area contributed by atoms with Crippen molar-refractivity contribution in [3.8, 4) is 0 Å². The third-order valence-corrected chi connectivity index (χ3v) is 5.40. The van der Waals surface area contributed by atoms with E-state index in [9.17, 15) is 0 Å². The van der Waals surface area contributed by atoms with Crippen LogP contribution in [0.3, 0.4) is 0 Å². The normalized spacial score (nSPS) is 19.0. The molecule has 0 aromatic carbocycles. The maximum absolute atomic E-state index is 5.65. The van der Waals surface area contributed by atoms with Crippen LogP contribution in [0.5, 0.6) is 0 Å². The van der Waals surface area contributed by atoms with Crippen LogP contribution < -0.4 is 15.5 Å². The van der Waals surface area contributed by atoms with Crippen molar-refractivity contribution in [2.24, 2.45) is 10.9 Å². The van der Waals surface area contributed by atoms with E-state index in [1.165, 1.54) is 17.8 Å². The van der Waals surface area contributed by atoms with Crippen LogP contribution in [-0.2, 0) is 4.74 Å². The lowest BCUT2D eigenvalue weighted by Gasteiger charge is -2.33. The van der Waals surface area contributed by atoms with Crippen molar-refractivity contribution in [3.63, 3.8) is 0 Å². The first kappa shape index (κ1) is 19.8. The number of aliphatic imine (C=N–C) groups is 1. The van der Waals surface area contributed by atoms with Crippen molar-refractivity contribution in [3.05, 3.63) is 17.5 Å². The van der Waals surface area contributed by atoms with Gasteiger partial charge in [-0.15, -0.1) is 35.3 Å². The minimum atomic E-state index is 0. The van der Waals surface area contributed by atoms with Gasteiger partial charge in [0.25, 0.3) is 0 Å². The Morgan fingerprint density at radius 1 is 1.33 bits per heavy atom. The minimum absolute atomic E-state index is 0. The van der Waals surface area contributed by atoms with Gasteiger partial charge in [0.2, 0.25) is 0 Å². The number of nitrogens with zero attached hydrogens (tertiary/aromatic N) is 2. The van der Waals surface area contributed by atoms with Gasteiger partial charge in [0.1, 0.15) is 0 Å². The van der Waals surface area contributed by atoms with Gasteiger partial charge in [0.05, 0.1) is 11.6 Å². The highest BCUT2D eigenvalue weighted by Crippen LogP contribution is 2.28. The molecular formula is C17H29IN4OS. The maximum atomic E-state index is 5.65. The number of anilines is 1. The second-order valence-electron chi connectivity index (χ2n) is 6.37. The molecular weight excluding hydrogens is 435 g/mol. The van der Waals surface area contributed by atoms with E-state index in [1.807, 2.05) is 18.4 Å². The average molecular weight is 464 g/mol. The van der Waals surface area contributed by atoms with Crippen LogP contribution in [0.1, 0.15) is 25.7 Å². The number of hydrogen-bond donors (Lipinski definition) is 2. The van der Waals surface area contributed by atoms with Crippen LogP contribution in [0.4, 0.5) is 5.00 Å². The Hall–Kier alpha value is -0.540. The monoisotopic (exact) mass is 464 g/mol. The molecule has 1 aliphatic heterocycles. The fourth-order valence-corrected chi connectivity index (χ4v) is 3.64. The maximum Gasteiger partial charge on any atom is 0.191 e. The van der Waals surface area contributed by atoms with Crippen molar-refractivity contribution in [1.82, 2.24) is 10.6 Å². The first-order valence-electron chi connectivity index (χ1n) is 8.68. The van der Waals surface area contributed by atoms with Crippen molar-refractivity contribution in [2.75, 3.05) is 44.8 Å². The fraction of sp³-hybridized carbons (Fsp3) is 0.706. The molecule has 0 spiro atoms. The lowest BCUT2D eigenvalue weighted by Crippen LogP contribution is -2.49. The zero-order chi connectivity index (χ0) is 15.9. The fourth-order valence-electron chi connectivity index (χ4n) is 2.86. The summed E-state index contributed by atoms with van der Waals surface area (Å²) in [5, 5.41) is 10.4. The third-order valence-electron chi connectivity index (χ3n) is 4.47. The molecule has 1 aliphatic carbocycles. The summed E-state index contributed by atoms with van der Waals surface area (Å²) in [7, 11) is 1.83. The molecule has 5 nitrogen and oxygen atoms in total. The standard InChI is InChI=1S/C17H28N4OS.HI/c1-18-17(19-8-11-22-13-14-4-5-14)20-15-6-9-21(10-7-15)16-3-2-12-23-16;/h2-3,12,14-15H,4-11,13H2,1H3,(H2,18,19,20);1H. The summed E-state index contributed by atoms with van der Waals surface area (Å²) in [5.41, 5.74) is 0. The number of ether oxygens (including phenoxy) is 1. The number of thiophene rings is 1. The number of rotatable bonds is 7. The summed E-state index contributed by atoms with van der Waals surface area (Å²) in [6.45, 7) is 4.72. The Morgan fingerprint density at radius 3 is 2.75 bits per heavy atom. The number of piperidine rings is 1. The average Bonchev–Trinajstić information content (AvgIpc) is 3.24. The highest BCUT2D eigenvalue weighted by molar-refractivity contribution is 14.0. The Morgan fingerprint density at radius 2 is 2.12 bits per heavy atom. The molecule has 0 atom stereocenters.